The summed E-state index contributed by atoms with van der Waals surface area (Å²) in [6.07, 6.45) is 6.92. The number of fused-ring (bicyclic) bond motifs is 1. The van der Waals surface area contributed by atoms with Gasteiger partial charge in [-0.3, -0.25) is 4.79 Å². The molecule has 1 aliphatic heterocycles. The molecule has 7 heteroatoms. The van der Waals surface area contributed by atoms with Crippen LogP contribution in [0.5, 0.6) is 5.75 Å². The van der Waals surface area contributed by atoms with Crippen LogP contribution in [0.4, 0.5) is 0 Å². The Hall–Kier alpha value is -3.87. The lowest BCUT2D eigenvalue weighted by Crippen LogP contribution is -2.29. The van der Waals surface area contributed by atoms with Gasteiger partial charge < -0.3 is 19.2 Å². The third kappa shape index (κ3) is 6.15. The monoisotopic (exact) mass is 514 g/mol. The molecule has 0 radical (unpaired) electrons. The molecule has 5 rings (SSSR count). The van der Waals surface area contributed by atoms with Crippen molar-refractivity contribution in [2.24, 2.45) is 11.8 Å². The molecule has 38 heavy (non-hydrogen) atoms. The van der Waals surface area contributed by atoms with Gasteiger partial charge in [-0.2, -0.15) is 0 Å². The Morgan fingerprint density at radius 1 is 1.05 bits per heavy atom. The molecular formula is C31H34N2O5. The number of carbonyl (C=O) groups is 2. The molecule has 0 spiro atoms. The smallest absolute Gasteiger partial charge is 0.332 e. The molecule has 1 saturated carbocycles. The van der Waals surface area contributed by atoms with E-state index >= 15 is 0 Å². The molecule has 2 heterocycles. The van der Waals surface area contributed by atoms with Crippen LogP contribution in [0.15, 0.2) is 64.6 Å². The average molecular weight is 515 g/mol. The van der Waals surface area contributed by atoms with E-state index in [0.29, 0.717) is 36.5 Å². The van der Waals surface area contributed by atoms with E-state index in [1.807, 2.05) is 66.4 Å². The molecule has 1 aromatic heterocycles. The number of amides is 1. The Balaban J connectivity index is 1.15. The van der Waals surface area contributed by atoms with Gasteiger partial charge in [0.1, 0.15) is 11.5 Å². The van der Waals surface area contributed by atoms with E-state index in [2.05, 4.69) is 4.98 Å². The first kappa shape index (κ1) is 25.8. The Labute approximate surface area is 223 Å². The maximum Gasteiger partial charge on any atom is 0.332 e. The molecule has 2 atom stereocenters. The van der Waals surface area contributed by atoms with Crippen molar-refractivity contribution in [3.63, 3.8) is 0 Å². The number of likely N-dealkylation sites (tertiary alicyclic amines) is 1. The van der Waals surface area contributed by atoms with Crippen LogP contribution in [0.3, 0.4) is 0 Å². The highest BCUT2D eigenvalue weighted by Gasteiger charge is 2.36. The van der Waals surface area contributed by atoms with E-state index in [1.165, 1.54) is 25.7 Å². The number of benzene rings is 2. The van der Waals surface area contributed by atoms with E-state index < -0.39 is 5.97 Å². The predicted octanol–water partition coefficient (Wildman–Crippen LogP) is 5.78. The number of aryl methyl sites for hydroxylation is 1. The fourth-order valence-corrected chi connectivity index (χ4v) is 5.56. The van der Waals surface area contributed by atoms with Crippen LogP contribution in [-0.4, -0.2) is 46.6 Å². The fourth-order valence-electron chi connectivity index (χ4n) is 5.56. The largest absolute Gasteiger partial charge is 0.493 e. The molecule has 1 N–H and O–H groups in total. The Bertz CT molecular complexity index is 1280. The third-order valence-electron chi connectivity index (χ3n) is 7.69. The van der Waals surface area contributed by atoms with Gasteiger partial charge in [0.25, 0.3) is 0 Å². The van der Waals surface area contributed by atoms with Crippen molar-refractivity contribution in [3.8, 4) is 17.2 Å². The normalized spacial score (nSPS) is 19.3. The first-order valence-corrected chi connectivity index (χ1v) is 13.4. The van der Waals surface area contributed by atoms with Gasteiger partial charge in [-0.25, -0.2) is 9.78 Å². The zero-order valence-electron chi connectivity index (χ0n) is 21.8. The number of hydrogen-bond acceptors (Lipinski definition) is 5. The van der Waals surface area contributed by atoms with Crippen molar-refractivity contribution in [3.05, 3.63) is 77.2 Å². The van der Waals surface area contributed by atoms with Crippen LogP contribution in [0.1, 0.15) is 49.1 Å². The number of rotatable bonds is 9. The number of carbonyl (C=O) groups excluding carboxylic acids is 1. The van der Waals surface area contributed by atoms with Crippen LogP contribution >= 0.6 is 0 Å². The van der Waals surface area contributed by atoms with Gasteiger partial charge in [0.15, 0.2) is 0 Å². The number of oxazole rings is 1. The summed E-state index contributed by atoms with van der Waals surface area (Å²) in [5.74, 6) is 2.06. The summed E-state index contributed by atoms with van der Waals surface area (Å²) >= 11 is 0. The second kappa shape index (κ2) is 11.7. The number of ether oxygens (including phenoxy) is 1. The summed E-state index contributed by atoms with van der Waals surface area (Å²) in [6, 6.07) is 17.0. The maximum absolute atomic E-state index is 12.9. The molecular weight excluding hydrogens is 480 g/mol. The molecule has 0 bridgehead atoms. The van der Waals surface area contributed by atoms with Crippen molar-refractivity contribution >= 4 is 18.0 Å². The standard InChI is InChI=1S/C31H34N2O5/c1-21-28(32-30(38-21)23-7-3-2-4-8-23)15-16-37-27-13-11-22(12-14-27)17-26(31(35)36)18-29(34)33-19-24-9-5-6-10-25(24)20-33/h2-4,7-8,11-14,17,24-25H,5-6,9-10,15-16,18-20H2,1H3,(H,35,36)/t24-,25+. The lowest BCUT2D eigenvalue weighted by atomic mass is 9.82. The third-order valence-corrected chi connectivity index (χ3v) is 7.69. The van der Waals surface area contributed by atoms with E-state index in [0.717, 1.165) is 35.7 Å². The number of aliphatic carboxylic acids is 1. The van der Waals surface area contributed by atoms with Gasteiger partial charge in [-0.05, 0) is 67.5 Å². The Morgan fingerprint density at radius 3 is 2.39 bits per heavy atom. The minimum absolute atomic E-state index is 0.0882. The maximum atomic E-state index is 12.9. The second-order valence-electron chi connectivity index (χ2n) is 10.3. The molecule has 1 saturated heterocycles. The lowest BCUT2D eigenvalue weighted by molar-refractivity contribution is -0.136. The van der Waals surface area contributed by atoms with Crippen LogP contribution in [0.25, 0.3) is 17.5 Å². The number of nitrogens with zero attached hydrogens (tertiary/aromatic N) is 2. The minimum atomic E-state index is -1.06. The van der Waals surface area contributed by atoms with E-state index in [4.69, 9.17) is 9.15 Å². The zero-order valence-corrected chi connectivity index (χ0v) is 21.8. The molecule has 1 aliphatic carbocycles. The summed E-state index contributed by atoms with van der Waals surface area (Å²) in [4.78, 5) is 31.2. The number of carboxylic acid groups (broad SMARTS) is 1. The van der Waals surface area contributed by atoms with Gasteiger partial charge in [0.05, 0.1) is 18.7 Å². The van der Waals surface area contributed by atoms with Gasteiger partial charge in [0, 0.05) is 30.6 Å². The number of aromatic nitrogens is 1. The Kier molecular flexibility index (Phi) is 7.91. The quantitative estimate of drug-likeness (QED) is 0.364. The molecule has 2 aromatic carbocycles. The van der Waals surface area contributed by atoms with E-state index in [9.17, 15) is 14.7 Å². The molecule has 0 unspecified atom stereocenters. The zero-order chi connectivity index (χ0) is 26.5. The molecule has 3 aromatic rings. The van der Waals surface area contributed by atoms with Crippen LogP contribution in [0, 0.1) is 18.8 Å². The van der Waals surface area contributed by atoms with E-state index in [1.54, 1.807) is 6.08 Å². The van der Waals surface area contributed by atoms with Crippen molar-refractivity contribution in [2.75, 3.05) is 19.7 Å². The molecule has 2 fully saturated rings. The fraction of sp³-hybridized carbons (Fsp3) is 0.387. The van der Waals surface area contributed by atoms with Crippen molar-refractivity contribution < 1.29 is 23.8 Å². The van der Waals surface area contributed by atoms with E-state index in [-0.39, 0.29) is 17.9 Å². The van der Waals surface area contributed by atoms with Crippen molar-refractivity contribution in [1.29, 1.82) is 0 Å². The van der Waals surface area contributed by atoms with Crippen LogP contribution in [0.2, 0.25) is 0 Å². The molecule has 1 amide bonds. The molecule has 2 aliphatic rings. The molecule has 198 valence electrons. The molecule has 7 nitrogen and oxygen atoms in total. The summed E-state index contributed by atoms with van der Waals surface area (Å²) in [5, 5.41) is 9.73. The van der Waals surface area contributed by atoms with Gasteiger partial charge in [-0.1, -0.05) is 43.2 Å². The van der Waals surface area contributed by atoms with Crippen molar-refractivity contribution in [1.82, 2.24) is 9.88 Å². The summed E-state index contributed by atoms with van der Waals surface area (Å²) in [6.45, 7) is 3.87. The minimum Gasteiger partial charge on any atom is -0.493 e. The van der Waals surface area contributed by atoms with Gasteiger partial charge in [0.2, 0.25) is 11.8 Å². The summed E-state index contributed by atoms with van der Waals surface area (Å²) in [7, 11) is 0. The SMILES string of the molecule is Cc1oc(-c2ccccc2)nc1CCOc1ccc(C=C(CC(=O)N2C[C@H]3CCCC[C@H]3C2)C(=O)O)cc1. The highest BCUT2D eigenvalue weighted by atomic mass is 16.5. The topological polar surface area (TPSA) is 92.9 Å². The first-order chi connectivity index (χ1) is 18.5. The number of carboxylic acids is 1. The summed E-state index contributed by atoms with van der Waals surface area (Å²) < 4.78 is 11.7. The predicted molar refractivity (Wildman–Crippen MR) is 145 cm³/mol. The van der Waals surface area contributed by atoms with Gasteiger partial charge in [-0.15, -0.1) is 0 Å². The van der Waals surface area contributed by atoms with Crippen LogP contribution in [-0.2, 0) is 16.0 Å². The highest BCUT2D eigenvalue weighted by molar-refractivity contribution is 5.98. The highest BCUT2D eigenvalue weighted by Crippen LogP contribution is 2.36. The van der Waals surface area contributed by atoms with Gasteiger partial charge >= 0.3 is 5.97 Å². The Morgan fingerprint density at radius 2 is 1.74 bits per heavy atom. The van der Waals surface area contributed by atoms with Crippen molar-refractivity contribution in [2.45, 2.75) is 45.4 Å². The summed E-state index contributed by atoms with van der Waals surface area (Å²) in [5.41, 5.74) is 2.62. The first-order valence-electron chi connectivity index (χ1n) is 13.4. The number of hydrogen-bond donors (Lipinski definition) is 1. The lowest BCUT2D eigenvalue weighted by Gasteiger charge is -2.22. The van der Waals surface area contributed by atoms with Crippen LogP contribution < -0.4 is 4.74 Å². The second-order valence-corrected chi connectivity index (χ2v) is 10.3. The average Bonchev–Trinajstić information content (AvgIpc) is 3.53.